The van der Waals surface area contributed by atoms with Crippen LogP contribution in [0.25, 0.3) is 0 Å². The smallest absolute Gasteiger partial charge is 0.133 e. The second kappa shape index (κ2) is 11.3. The van der Waals surface area contributed by atoms with Gasteiger partial charge in [-0.25, -0.2) is 0 Å². The molecule has 0 aromatic heterocycles. The molecule has 3 heteroatoms. The Hall–Kier alpha value is -2.78. The zero-order valence-electron chi connectivity index (χ0n) is 24.8. The van der Waals surface area contributed by atoms with Gasteiger partial charge in [0.05, 0.1) is 18.6 Å². The third-order valence-electron chi connectivity index (χ3n) is 7.70. The first kappa shape index (κ1) is 28.8. The second-order valence-electron chi connectivity index (χ2n) is 13.2. The van der Waals surface area contributed by atoms with Gasteiger partial charge in [-0.2, -0.15) is 0 Å². The summed E-state index contributed by atoms with van der Waals surface area (Å²) in [6.07, 6.45) is 0. The molecule has 0 saturated carbocycles. The SMILES string of the molecule is CC(C)(C)N(CC[N+](CCN(c1ccccc1)C(C)(C)C)(c1ccccc1)C(C)(C)C)c1ccccc1. The predicted octanol–water partition coefficient (Wildman–Crippen LogP) is 8.40. The highest BCUT2D eigenvalue weighted by molar-refractivity contribution is 5.51. The molecule has 0 aliphatic carbocycles. The van der Waals surface area contributed by atoms with Gasteiger partial charge in [0.25, 0.3) is 0 Å². The molecule has 0 atom stereocenters. The highest BCUT2D eigenvalue weighted by Crippen LogP contribution is 2.35. The van der Waals surface area contributed by atoms with Crippen molar-refractivity contribution in [3.63, 3.8) is 0 Å². The fourth-order valence-electron chi connectivity index (χ4n) is 5.60. The van der Waals surface area contributed by atoms with Gasteiger partial charge >= 0.3 is 0 Å². The van der Waals surface area contributed by atoms with Crippen LogP contribution in [0.15, 0.2) is 91.0 Å². The van der Waals surface area contributed by atoms with E-state index in [0.717, 1.165) is 30.7 Å². The van der Waals surface area contributed by atoms with Crippen LogP contribution in [0.4, 0.5) is 17.1 Å². The predicted molar refractivity (Wildman–Crippen MR) is 165 cm³/mol. The van der Waals surface area contributed by atoms with Crippen LogP contribution in [0.1, 0.15) is 62.3 Å². The zero-order valence-corrected chi connectivity index (χ0v) is 24.8. The molecule has 0 fully saturated rings. The van der Waals surface area contributed by atoms with Crippen molar-refractivity contribution in [3.05, 3.63) is 91.0 Å². The Kier molecular flexibility index (Phi) is 8.80. The van der Waals surface area contributed by atoms with Gasteiger partial charge in [0.1, 0.15) is 18.8 Å². The van der Waals surface area contributed by atoms with E-state index in [9.17, 15) is 0 Å². The van der Waals surface area contributed by atoms with Crippen molar-refractivity contribution in [1.82, 2.24) is 4.48 Å². The van der Waals surface area contributed by atoms with Crippen molar-refractivity contribution in [2.75, 3.05) is 36.0 Å². The van der Waals surface area contributed by atoms with E-state index >= 15 is 0 Å². The topological polar surface area (TPSA) is 6.48 Å². The van der Waals surface area contributed by atoms with E-state index in [1.807, 2.05) is 0 Å². The number of hydrogen-bond donors (Lipinski definition) is 0. The number of anilines is 2. The molecule has 200 valence electrons. The highest BCUT2D eigenvalue weighted by atomic mass is 15.4. The normalized spacial score (nSPS) is 12.9. The average molecular weight is 501 g/mol. The first-order chi connectivity index (χ1) is 17.3. The minimum absolute atomic E-state index is 0.0157. The lowest BCUT2D eigenvalue weighted by Gasteiger charge is -2.52. The van der Waals surface area contributed by atoms with E-state index in [1.54, 1.807) is 0 Å². The Labute approximate surface area is 227 Å². The third kappa shape index (κ3) is 6.96. The minimum atomic E-state index is 0.0157. The van der Waals surface area contributed by atoms with Gasteiger partial charge < -0.3 is 9.80 Å². The van der Waals surface area contributed by atoms with Crippen LogP contribution in [0.2, 0.25) is 0 Å². The van der Waals surface area contributed by atoms with Crippen LogP contribution in [0, 0.1) is 0 Å². The summed E-state index contributed by atoms with van der Waals surface area (Å²) in [6, 6.07) is 33.0. The molecule has 0 amide bonds. The minimum Gasteiger partial charge on any atom is -0.361 e. The Bertz CT molecular complexity index is 1010. The molecule has 3 nitrogen and oxygen atoms in total. The Balaban J connectivity index is 2.04. The van der Waals surface area contributed by atoms with E-state index in [2.05, 4.69) is 163 Å². The van der Waals surface area contributed by atoms with E-state index in [1.165, 1.54) is 17.1 Å². The summed E-state index contributed by atoms with van der Waals surface area (Å²) in [5.41, 5.74) is 4.02. The van der Waals surface area contributed by atoms with Gasteiger partial charge in [-0.1, -0.05) is 54.6 Å². The molecular formula is C34H50N3+. The fraction of sp³-hybridized carbons (Fsp3) is 0.471. The van der Waals surface area contributed by atoms with Crippen molar-refractivity contribution in [3.8, 4) is 0 Å². The van der Waals surface area contributed by atoms with E-state index in [4.69, 9.17) is 0 Å². The van der Waals surface area contributed by atoms with Gasteiger partial charge in [-0.05, 0) is 98.7 Å². The number of nitrogens with zero attached hydrogens (tertiary/aromatic N) is 3. The van der Waals surface area contributed by atoms with Crippen molar-refractivity contribution < 1.29 is 0 Å². The van der Waals surface area contributed by atoms with E-state index in [0.29, 0.717) is 0 Å². The maximum atomic E-state index is 2.58. The Morgan fingerprint density at radius 2 is 0.811 bits per heavy atom. The average Bonchev–Trinajstić information content (AvgIpc) is 2.82. The van der Waals surface area contributed by atoms with Crippen LogP contribution in [-0.2, 0) is 0 Å². The molecule has 3 rings (SSSR count). The Morgan fingerprint density at radius 3 is 1.11 bits per heavy atom. The molecule has 0 spiro atoms. The largest absolute Gasteiger partial charge is 0.361 e. The van der Waals surface area contributed by atoms with Gasteiger partial charge in [0.2, 0.25) is 0 Å². The monoisotopic (exact) mass is 500 g/mol. The quantitative estimate of drug-likeness (QED) is 0.272. The number of para-hydroxylation sites is 3. The molecule has 37 heavy (non-hydrogen) atoms. The zero-order chi connectivity index (χ0) is 27.3. The molecule has 0 N–H and O–H groups in total. The molecule has 0 unspecified atom stereocenters. The van der Waals surface area contributed by atoms with E-state index in [-0.39, 0.29) is 16.6 Å². The van der Waals surface area contributed by atoms with Gasteiger partial charge in [-0.15, -0.1) is 0 Å². The first-order valence-corrected chi connectivity index (χ1v) is 13.8. The summed E-state index contributed by atoms with van der Waals surface area (Å²) >= 11 is 0. The van der Waals surface area contributed by atoms with Crippen LogP contribution in [0.3, 0.4) is 0 Å². The lowest BCUT2D eigenvalue weighted by molar-refractivity contribution is 0.143. The van der Waals surface area contributed by atoms with Gasteiger partial charge in [0.15, 0.2) is 0 Å². The lowest BCUT2D eigenvalue weighted by atomic mass is 9.96. The summed E-state index contributed by atoms with van der Waals surface area (Å²) in [7, 11) is 0. The maximum absolute atomic E-state index is 2.58. The number of rotatable bonds is 9. The molecule has 3 aromatic rings. The van der Waals surface area contributed by atoms with Crippen LogP contribution >= 0.6 is 0 Å². The standard InChI is InChI=1S/C34H50N3/c1-32(2,3)35(29-19-13-10-14-20-29)25-27-37(34(7,8)9,31-23-17-12-18-24-31)28-26-36(33(4,5)6)30-21-15-11-16-22-30/h10-24H,25-28H2,1-9H3/q+1. The summed E-state index contributed by atoms with van der Waals surface area (Å²) in [4.78, 5) is 5.15. The van der Waals surface area contributed by atoms with E-state index < -0.39 is 0 Å². The van der Waals surface area contributed by atoms with Crippen molar-refractivity contribution in [2.45, 2.75) is 78.9 Å². The lowest BCUT2D eigenvalue weighted by Crippen LogP contribution is -2.67. The molecule has 0 saturated heterocycles. The fourth-order valence-corrected chi connectivity index (χ4v) is 5.60. The summed E-state index contributed by atoms with van der Waals surface area (Å²) in [6.45, 7) is 25.2. The molecule has 0 heterocycles. The van der Waals surface area contributed by atoms with Crippen LogP contribution < -0.4 is 14.3 Å². The molecule has 0 bridgehead atoms. The van der Waals surface area contributed by atoms with Crippen LogP contribution in [0.5, 0.6) is 0 Å². The third-order valence-corrected chi connectivity index (χ3v) is 7.70. The molecule has 3 aromatic carbocycles. The number of hydrogen-bond acceptors (Lipinski definition) is 2. The molecule has 0 aliphatic heterocycles. The summed E-state index contributed by atoms with van der Waals surface area (Å²) < 4.78 is 0.909. The van der Waals surface area contributed by atoms with Crippen LogP contribution in [-0.4, -0.2) is 42.8 Å². The first-order valence-electron chi connectivity index (χ1n) is 13.8. The molecular weight excluding hydrogens is 450 g/mol. The highest BCUT2D eigenvalue weighted by Gasteiger charge is 2.43. The second-order valence-corrected chi connectivity index (χ2v) is 13.2. The van der Waals surface area contributed by atoms with Crippen molar-refractivity contribution in [2.24, 2.45) is 0 Å². The van der Waals surface area contributed by atoms with Gasteiger partial charge in [-0.3, -0.25) is 4.48 Å². The summed E-state index contributed by atoms with van der Waals surface area (Å²) in [5, 5.41) is 0. The molecule has 0 aliphatic rings. The maximum Gasteiger partial charge on any atom is 0.133 e. The number of benzene rings is 3. The van der Waals surface area contributed by atoms with Gasteiger partial charge in [0, 0.05) is 22.5 Å². The summed E-state index contributed by atoms with van der Waals surface area (Å²) in [5.74, 6) is 0. The van der Waals surface area contributed by atoms with Crippen molar-refractivity contribution in [1.29, 1.82) is 0 Å². The van der Waals surface area contributed by atoms with Crippen molar-refractivity contribution >= 4 is 17.1 Å². The Morgan fingerprint density at radius 1 is 0.486 bits per heavy atom. The molecule has 0 radical (unpaired) electrons. The number of quaternary nitrogens is 1.